The SMILES string of the molecule is Cc1nn(-c2ccccc2)c(C)c1C(=O)/C=C/c1ccc2ncccc2c1. The smallest absolute Gasteiger partial charge is 0.189 e. The van der Waals surface area contributed by atoms with Crippen molar-refractivity contribution in [2.45, 2.75) is 13.8 Å². The van der Waals surface area contributed by atoms with E-state index >= 15 is 0 Å². The number of rotatable bonds is 4. The monoisotopic (exact) mass is 353 g/mol. The number of aromatic nitrogens is 3. The molecule has 2 heterocycles. The number of fused-ring (bicyclic) bond motifs is 1. The zero-order valence-electron chi connectivity index (χ0n) is 15.3. The summed E-state index contributed by atoms with van der Waals surface area (Å²) in [5.74, 6) is -0.0431. The van der Waals surface area contributed by atoms with Crippen LogP contribution in [0.4, 0.5) is 0 Å². The van der Waals surface area contributed by atoms with Gasteiger partial charge in [-0.05, 0) is 55.8 Å². The number of nitrogens with zero attached hydrogens (tertiary/aromatic N) is 3. The van der Waals surface area contributed by atoms with Crippen LogP contribution in [-0.4, -0.2) is 20.5 Å². The third kappa shape index (κ3) is 3.29. The number of aryl methyl sites for hydroxylation is 1. The van der Waals surface area contributed by atoms with Crippen molar-refractivity contribution in [2.24, 2.45) is 0 Å². The topological polar surface area (TPSA) is 47.8 Å². The lowest BCUT2D eigenvalue weighted by molar-refractivity contribution is 0.104. The van der Waals surface area contributed by atoms with Crippen molar-refractivity contribution in [3.63, 3.8) is 0 Å². The zero-order valence-corrected chi connectivity index (χ0v) is 15.3. The Labute approximate surface area is 157 Å². The maximum atomic E-state index is 12.8. The summed E-state index contributed by atoms with van der Waals surface area (Å²) >= 11 is 0. The van der Waals surface area contributed by atoms with E-state index in [1.807, 2.05) is 85.3 Å². The average Bonchev–Trinajstić information content (AvgIpc) is 3.01. The van der Waals surface area contributed by atoms with Gasteiger partial charge in [-0.15, -0.1) is 0 Å². The van der Waals surface area contributed by atoms with Gasteiger partial charge >= 0.3 is 0 Å². The molecule has 0 aliphatic carbocycles. The zero-order chi connectivity index (χ0) is 18.8. The van der Waals surface area contributed by atoms with E-state index in [4.69, 9.17) is 0 Å². The Morgan fingerprint density at radius 3 is 2.63 bits per heavy atom. The van der Waals surface area contributed by atoms with Crippen LogP contribution in [0.1, 0.15) is 27.3 Å². The molecule has 0 bridgehead atoms. The minimum Gasteiger partial charge on any atom is -0.289 e. The second-order valence-electron chi connectivity index (χ2n) is 6.45. The fourth-order valence-electron chi connectivity index (χ4n) is 3.27. The number of carbonyl (C=O) groups is 1. The van der Waals surface area contributed by atoms with Crippen LogP contribution in [0.15, 0.2) is 72.9 Å². The molecule has 0 atom stereocenters. The molecule has 27 heavy (non-hydrogen) atoms. The normalized spacial score (nSPS) is 11.3. The van der Waals surface area contributed by atoms with Gasteiger partial charge in [0, 0.05) is 11.6 Å². The number of para-hydroxylation sites is 1. The second kappa shape index (κ2) is 7.00. The van der Waals surface area contributed by atoms with Gasteiger partial charge in [-0.25, -0.2) is 4.68 Å². The minimum absolute atomic E-state index is 0.0431. The minimum atomic E-state index is -0.0431. The Morgan fingerprint density at radius 1 is 1.00 bits per heavy atom. The van der Waals surface area contributed by atoms with Gasteiger partial charge in [0.15, 0.2) is 5.78 Å². The van der Waals surface area contributed by atoms with Crippen molar-refractivity contribution in [2.75, 3.05) is 0 Å². The van der Waals surface area contributed by atoms with E-state index in [0.29, 0.717) is 5.56 Å². The predicted octanol–water partition coefficient (Wildman–Crippen LogP) is 4.93. The van der Waals surface area contributed by atoms with E-state index < -0.39 is 0 Å². The van der Waals surface area contributed by atoms with Crippen LogP contribution in [-0.2, 0) is 0 Å². The summed E-state index contributed by atoms with van der Waals surface area (Å²) in [5, 5.41) is 5.60. The van der Waals surface area contributed by atoms with Gasteiger partial charge in [0.1, 0.15) is 0 Å². The quantitative estimate of drug-likeness (QED) is 0.386. The molecule has 4 aromatic rings. The van der Waals surface area contributed by atoms with Gasteiger partial charge in [0.25, 0.3) is 0 Å². The molecule has 2 aromatic carbocycles. The molecule has 4 nitrogen and oxygen atoms in total. The number of hydrogen-bond acceptors (Lipinski definition) is 3. The summed E-state index contributed by atoms with van der Waals surface area (Å²) in [6, 6.07) is 19.7. The summed E-state index contributed by atoms with van der Waals surface area (Å²) in [4.78, 5) is 17.1. The van der Waals surface area contributed by atoms with Crippen molar-refractivity contribution in [3.8, 4) is 5.69 Å². The average molecular weight is 353 g/mol. The maximum Gasteiger partial charge on any atom is 0.189 e. The van der Waals surface area contributed by atoms with Crippen LogP contribution in [0.2, 0.25) is 0 Å². The van der Waals surface area contributed by atoms with Crippen LogP contribution in [0.5, 0.6) is 0 Å². The maximum absolute atomic E-state index is 12.8. The van der Waals surface area contributed by atoms with Crippen LogP contribution in [0, 0.1) is 13.8 Å². The molecule has 0 N–H and O–H groups in total. The summed E-state index contributed by atoms with van der Waals surface area (Å²) < 4.78 is 1.82. The number of hydrogen-bond donors (Lipinski definition) is 0. The molecular formula is C23H19N3O. The third-order valence-corrected chi connectivity index (χ3v) is 4.59. The van der Waals surface area contributed by atoms with Crippen molar-refractivity contribution >= 4 is 22.8 Å². The second-order valence-corrected chi connectivity index (χ2v) is 6.45. The van der Waals surface area contributed by atoms with E-state index in [1.165, 1.54) is 0 Å². The molecule has 0 spiro atoms. The van der Waals surface area contributed by atoms with E-state index in [1.54, 1.807) is 12.3 Å². The molecule has 0 fully saturated rings. The summed E-state index contributed by atoms with van der Waals surface area (Å²) in [6.07, 6.45) is 5.23. The van der Waals surface area contributed by atoms with Gasteiger partial charge in [-0.1, -0.05) is 36.4 Å². The number of allylic oxidation sites excluding steroid dienone is 1. The fraction of sp³-hybridized carbons (Fsp3) is 0.0870. The van der Waals surface area contributed by atoms with Gasteiger partial charge in [0.2, 0.25) is 0 Å². The summed E-state index contributed by atoms with van der Waals surface area (Å²) in [7, 11) is 0. The Morgan fingerprint density at radius 2 is 1.81 bits per heavy atom. The van der Waals surface area contributed by atoms with Gasteiger partial charge < -0.3 is 0 Å². The molecule has 0 aliphatic rings. The molecule has 0 amide bonds. The van der Waals surface area contributed by atoms with E-state index in [-0.39, 0.29) is 5.78 Å². The molecule has 132 valence electrons. The lowest BCUT2D eigenvalue weighted by Crippen LogP contribution is -2.01. The van der Waals surface area contributed by atoms with Gasteiger partial charge in [-0.2, -0.15) is 5.10 Å². The highest BCUT2D eigenvalue weighted by Gasteiger charge is 2.17. The summed E-state index contributed by atoms with van der Waals surface area (Å²) in [6.45, 7) is 3.80. The fourth-order valence-corrected chi connectivity index (χ4v) is 3.27. The molecular weight excluding hydrogens is 334 g/mol. The van der Waals surface area contributed by atoms with Crippen molar-refractivity contribution in [1.29, 1.82) is 0 Å². The lowest BCUT2D eigenvalue weighted by atomic mass is 10.1. The lowest BCUT2D eigenvalue weighted by Gasteiger charge is -2.04. The molecule has 4 heteroatoms. The standard InChI is InChI=1S/C23H19N3O/c1-16-23(17(2)26(25-16)20-8-4-3-5-9-20)22(27)13-11-18-10-12-21-19(15-18)7-6-14-24-21/h3-15H,1-2H3/b13-11+. The number of pyridine rings is 1. The number of benzene rings is 2. The van der Waals surface area contributed by atoms with E-state index in [9.17, 15) is 4.79 Å². The van der Waals surface area contributed by atoms with Crippen molar-refractivity contribution in [3.05, 3.63) is 95.5 Å². The molecule has 0 saturated heterocycles. The first-order chi connectivity index (χ1) is 13.1. The van der Waals surface area contributed by atoms with Crippen LogP contribution >= 0.6 is 0 Å². The molecule has 0 aliphatic heterocycles. The predicted molar refractivity (Wildman–Crippen MR) is 108 cm³/mol. The van der Waals surface area contributed by atoms with Crippen LogP contribution in [0.3, 0.4) is 0 Å². The molecule has 0 saturated carbocycles. The first kappa shape index (κ1) is 16.9. The van der Waals surface area contributed by atoms with Crippen LogP contribution in [0.25, 0.3) is 22.7 Å². The Kier molecular flexibility index (Phi) is 4.38. The largest absolute Gasteiger partial charge is 0.289 e. The van der Waals surface area contributed by atoms with Crippen LogP contribution < -0.4 is 0 Å². The highest BCUT2D eigenvalue weighted by molar-refractivity contribution is 6.08. The third-order valence-electron chi connectivity index (χ3n) is 4.59. The summed E-state index contributed by atoms with van der Waals surface area (Å²) in [5.41, 5.74) is 5.08. The van der Waals surface area contributed by atoms with Gasteiger partial charge in [0.05, 0.1) is 28.2 Å². The highest BCUT2D eigenvalue weighted by atomic mass is 16.1. The van der Waals surface area contributed by atoms with Crippen molar-refractivity contribution in [1.82, 2.24) is 14.8 Å². The molecule has 4 rings (SSSR count). The van der Waals surface area contributed by atoms with Crippen molar-refractivity contribution < 1.29 is 4.79 Å². The molecule has 0 unspecified atom stereocenters. The first-order valence-electron chi connectivity index (χ1n) is 8.82. The highest BCUT2D eigenvalue weighted by Crippen LogP contribution is 2.20. The number of carbonyl (C=O) groups excluding carboxylic acids is 1. The van der Waals surface area contributed by atoms with E-state index in [2.05, 4.69) is 10.1 Å². The molecule has 2 aromatic heterocycles. The first-order valence-corrected chi connectivity index (χ1v) is 8.82. The van der Waals surface area contributed by atoms with Gasteiger partial charge in [-0.3, -0.25) is 9.78 Å². The Hall–Kier alpha value is -3.53. The van der Waals surface area contributed by atoms with E-state index in [0.717, 1.165) is 33.5 Å². The molecule has 0 radical (unpaired) electrons. The Bertz CT molecular complexity index is 1160. The Balaban J connectivity index is 1.64. The number of ketones is 1.